The Morgan fingerprint density at radius 1 is 0.963 bits per heavy atom. The Labute approximate surface area is 166 Å². The number of hydrogen-bond donors (Lipinski definition) is 1. The number of halogens is 1. The minimum atomic E-state index is -0.343. The van der Waals surface area contributed by atoms with Crippen molar-refractivity contribution < 1.29 is 4.79 Å². The molecule has 134 valence electrons. The average molecular weight is 420 g/mol. The lowest BCUT2D eigenvalue weighted by Crippen LogP contribution is -2.39. The molecule has 4 nitrogen and oxygen atoms in total. The maximum absolute atomic E-state index is 13.1. The molecule has 1 aliphatic rings. The summed E-state index contributed by atoms with van der Waals surface area (Å²) in [5, 5.41) is 9.49. The number of anilines is 1. The van der Waals surface area contributed by atoms with Gasteiger partial charge in [-0.05, 0) is 29.3 Å². The zero-order valence-corrected chi connectivity index (χ0v) is 16.1. The van der Waals surface area contributed by atoms with Crippen molar-refractivity contribution in [3.8, 4) is 0 Å². The van der Waals surface area contributed by atoms with E-state index in [4.69, 9.17) is 0 Å². The van der Waals surface area contributed by atoms with E-state index >= 15 is 0 Å². The van der Waals surface area contributed by atoms with Crippen molar-refractivity contribution in [3.63, 3.8) is 0 Å². The number of benzene rings is 3. The summed E-state index contributed by atoms with van der Waals surface area (Å²) in [4.78, 5) is 13.1. The highest BCUT2D eigenvalue weighted by Crippen LogP contribution is 2.33. The van der Waals surface area contributed by atoms with Gasteiger partial charge >= 0.3 is 0 Å². The highest BCUT2D eigenvalue weighted by atomic mass is 79.9. The van der Waals surface area contributed by atoms with Gasteiger partial charge in [-0.3, -0.25) is 4.79 Å². The molecule has 0 saturated carbocycles. The molecule has 0 spiro atoms. The SMILES string of the molecule is O=C1c2ccccc2NC(c2ccccc2)N1N=CCc1ccccc1Br. The Morgan fingerprint density at radius 2 is 1.67 bits per heavy atom. The second-order valence-electron chi connectivity index (χ2n) is 6.25. The van der Waals surface area contributed by atoms with Gasteiger partial charge in [0.1, 0.15) is 0 Å². The monoisotopic (exact) mass is 419 g/mol. The van der Waals surface area contributed by atoms with Gasteiger partial charge in [0.25, 0.3) is 5.91 Å². The Morgan fingerprint density at radius 3 is 2.48 bits per heavy atom. The molecule has 1 amide bonds. The van der Waals surface area contributed by atoms with Crippen molar-refractivity contribution >= 4 is 33.7 Å². The van der Waals surface area contributed by atoms with Crippen LogP contribution in [0.25, 0.3) is 0 Å². The van der Waals surface area contributed by atoms with Gasteiger partial charge in [-0.25, -0.2) is 5.01 Å². The summed E-state index contributed by atoms with van der Waals surface area (Å²) in [7, 11) is 0. The molecule has 1 heterocycles. The van der Waals surface area contributed by atoms with E-state index in [0.29, 0.717) is 12.0 Å². The number of amides is 1. The van der Waals surface area contributed by atoms with E-state index in [-0.39, 0.29) is 12.1 Å². The standard InChI is InChI=1S/C22H18BrN3O/c23-19-12-6-4-8-16(19)14-15-24-26-21(17-9-2-1-3-10-17)25-20-13-7-5-11-18(20)22(26)27/h1-13,15,21,25H,14H2. The first-order valence-corrected chi connectivity index (χ1v) is 9.53. The van der Waals surface area contributed by atoms with Crippen molar-refractivity contribution in [1.82, 2.24) is 5.01 Å². The van der Waals surface area contributed by atoms with E-state index in [1.54, 1.807) is 6.21 Å². The number of carbonyl (C=O) groups excluding carboxylic acids is 1. The fourth-order valence-electron chi connectivity index (χ4n) is 3.11. The molecule has 1 unspecified atom stereocenters. The lowest BCUT2D eigenvalue weighted by molar-refractivity contribution is 0.0691. The van der Waals surface area contributed by atoms with E-state index in [2.05, 4.69) is 26.3 Å². The maximum Gasteiger partial charge on any atom is 0.278 e. The molecular formula is C22H18BrN3O. The highest BCUT2D eigenvalue weighted by molar-refractivity contribution is 9.10. The Bertz CT molecular complexity index is 988. The fraction of sp³-hybridized carbons (Fsp3) is 0.0909. The molecule has 5 heteroatoms. The molecule has 27 heavy (non-hydrogen) atoms. The summed E-state index contributed by atoms with van der Waals surface area (Å²) in [6.45, 7) is 0. The molecule has 0 saturated heterocycles. The van der Waals surface area contributed by atoms with Gasteiger partial charge in [0, 0.05) is 22.8 Å². The van der Waals surface area contributed by atoms with Crippen molar-refractivity contribution in [2.45, 2.75) is 12.6 Å². The molecule has 0 fully saturated rings. The van der Waals surface area contributed by atoms with E-state index in [9.17, 15) is 4.79 Å². The fourth-order valence-corrected chi connectivity index (χ4v) is 3.56. The van der Waals surface area contributed by atoms with E-state index in [0.717, 1.165) is 21.3 Å². The smallest absolute Gasteiger partial charge is 0.278 e. The average Bonchev–Trinajstić information content (AvgIpc) is 2.71. The van der Waals surface area contributed by atoms with Crippen molar-refractivity contribution in [1.29, 1.82) is 0 Å². The predicted octanol–water partition coefficient (Wildman–Crippen LogP) is 5.24. The van der Waals surface area contributed by atoms with Crippen LogP contribution < -0.4 is 5.32 Å². The number of rotatable bonds is 4. The van der Waals surface area contributed by atoms with Crippen LogP contribution in [0.3, 0.4) is 0 Å². The van der Waals surface area contributed by atoms with Crippen molar-refractivity contribution in [2.24, 2.45) is 5.10 Å². The molecule has 0 aliphatic carbocycles. The minimum absolute atomic E-state index is 0.110. The first-order valence-electron chi connectivity index (χ1n) is 8.74. The first kappa shape index (κ1) is 17.5. The zero-order chi connectivity index (χ0) is 18.6. The van der Waals surface area contributed by atoms with Crippen LogP contribution in [0.15, 0.2) is 88.4 Å². The van der Waals surface area contributed by atoms with Gasteiger partial charge in [-0.1, -0.05) is 76.6 Å². The molecule has 0 aromatic heterocycles. The van der Waals surface area contributed by atoms with Gasteiger partial charge in [0.15, 0.2) is 6.17 Å². The van der Waals surface area contributed by atoms with Crippen molar-refractivity contribution in [2.75, 3.05) is 5.32 Å². The van der Waals surface area contributed by atoms with Crippen LogP contribution >= 0.6 is 15.9 Å². The molecule has 4 rings (SSSR count). The van der Waals surface area contributed by atoms with Crippen LogP contribution in [-0.4, -0.2) is 17.1 Å². The normalized spacial score (nSPS) is 16.3. The second kappa shape index (κ2) is 7.76. The molecule has 3 aromatic carbocycles. The summed E-state index contributed by atoms with van der Waals surface area (Å²) in [6.07, 6.45) is 2.07. The number of carbonyl (C=O) groups is 1. The topological polar surface area (TPSA) is 44.7 Å². The third-order valence-electron chi connectivity index (χ3n) is 4.49. The van der Waals surface area contributed by atoms with Crippen molar-refractivity contribution in [3.05, 3.63) is 100 Å². The molecule has 1 aliphatic heterocycles. The first-order chi connectivity index (χ1) is 13.2. The summed E-state index contributed by atoms with van der Waals surface area (Å²) >= 11 is 3.55. The summed E-state index contributed by atoms with van der Waals surface area (Å²) < 4.78 is 1.03. The summed E-state index contributed by atoms with van der Waals surface area (Å²) in [5.41, 5.74) is 3.56. The summed E-state index contributed by atoms with van der Waals surface area (Å²) in [5.74, 6) is -0.110. The zero-order valence-electron chi connectivity index (χ0n) is 14.5. The lowest BCUT2D eigenvalue weighted by Gasteiger charge is -2.34. The third-order valence-corrected chi connectivity index (χ3v) is 5.27. The summed E-state index contributed by atoms with van der Waals surface area (Å²) in [6, 6.07) is 25.4. The van der Waals surface area contributed by atoms with Gasteiger partial charge in [0.05, 0.1) is 5.56 Å². The van der Waals surface area contributed by atoms with E-state index < -0.39 is 0 Å². The Kier molecular flexibility index (Phi) is 5.03. The van der Waals surface area contributed by atoms with Crippen LogP contribution in [0.4, 0.5) is 5.69 Å². The van der Waals surface area contributed by atoms with E-state index in [1.165, 1.54) is 5.01 Å². The Balaban J connectivity index is 1.66. The number of fused-ring (bicyclic) bond motifs is 1. The number of nitrogens with one attached hydrogen (secondary N) is 1. The van der Waals surface area contributed by atoms with E-state index in [1.807, 2.05) is 78.9 Å². The van der Waals surface area contributed by atoms with Gasteiger partial charge < -0.3 is 5.32 Å². The second-order valence-corrected chi connectivity index (χ2v) is 7.10. The molecule has 3 aromatic rings. The van der Waals surface area contributed by atoms with Crippen LogP contribution in [-0.2, 0) is 6.42 Å². The largest absolute Gasteiger partial charge is 0.359 e. The molecule has 0 bridgehead atoms. The van der Waals surface area contributed by atoms with Crippen LogP contribution in [0.5, 0.6) is 0 Å². The van der Waals surface area contributed by atoms with Gasteiger partial charge in [-0.2, -0.15) is 5.10 Å². The molecule has 1 N–H and O–H groups in total. The predicted molar refractivity (Wildman–Crippen MR) is 112 cm³/mol. The molecular weight excluding hydrogens is 402 g/mol. The Hall–Kier alpha value is -2.92. The maximum atomic E-state index is 13.1. The number of hydrazone groups is 1. The van der Waals surface area contributed by atoms with Gasteiger partial charge in [0.2, 0.25) is 0 Å². The minimum Gasteiger partial charge on any atom is -0.359 e. The number of para-hydroxylation sites is 1. The quantitative estimate of drug-likeness (QED) is 0.587. The third kappa shape index (κ3) is 3.64. The van der Waals surface area contributed by atoms with Crippen LogP contribution in [0, 0.1) is 0 Å². The highest BCUT2D eigenvalue weighted by Gasteiger charge is 2.32. The molecule has 1 atom stereocenters. The molecule has 0 radical (unpaired) electrons. The van der Waals surface area contributed by atoms with Gasteiger partial charge in [-0.15, -0.1) is 0 Å². The van der Waals surface area contributed by atoms with Crippen LogP contribution in [0.1, 0.15) is 27.7 Å². The lowest BCUT2D eigenvalue weighted by atomic mass is 10.1. The number of nitrogens with zero attached hydrogens (tertiary/aromatic N) is 2. The number of hydrogen-bond acceptors (Lipinski definition) is 3. The van der Waals surface area contributed by atoms with Crippen LogP contribution in [0.2, 0.25) is 0 Å².